The third-order valence-electron chi connectivity index (χ3n) is 8.67. The molecule has 3 heterocycles. The van der Waals surface area contributed by atoms with E-state index in [0.717, 1.165) is 54.2 Å². The van der Waals surface area contributed by atoms with Crippen LogP contribution >= 0.6 is 0 Å². The van der Waals surface area contributed by atoms with Crippen molar-refractivity contribution in [1.29, 1.82) is 0 Å². The minimum atomic E-state index is -4.53. The van der Waals surface area contributed by atoms with Crippen LogP contribution in [0.2, 0.25) is 0 Å². The number of alkyl halides is 3. The molecule has 0 radical (unpaired) electrons. The molecule has 1 N–H and O–H groups in total. The fourth-order valence-corrected chi connectivity index (χ4v) is 6.00. The number of methoxy groups -OCH3 is 1. The third-order valence-corrected chi connectivity index (χ3v) is 8.67. The number of nitrogens with zero attached hydrogens (tertiary/aromatic N) is 3. The molecule has 2 atom stereocenters. The van der Waals surface area contributed by atoms with Crippen molar-refractivity contribution in [2.24, 2.45) is 0 Å². The quantitative estimate of drug-likeness (QED) is 0.213. The molecule has 0 saturated carbocycles. The number of anilines is 1. The van der Waals surface area contributed by atoms with Crippen molar-refractivity contribution in [2.75, 3.05) is 25.1 Å². The van der Waals surface area contributed by atoms with Gasteiger partial charge in [0.05, 0.1) is 36.5 Å². The molecule has 4 aromatic rings. The summed E-state index contributed by atoms with van der Waals surface area (Å²) < 4.78 is 51.7. The van der Waals surface area contributed by atoms with Gasteiger partial charge in [-0.25, -0.2) is 14.6 Å². The van der Waals surface area contributed by atoms with E-state index in [2.05, 4.69) is 4.90 Å². The number of hydrogen-bond acceptors (Lipinski definition) is 6. The van der Waals surface area contributed by atoms with Crippen LogP contribution in [0.25, 0.3) is 22.3 Å². The first-order valence-corrected chi connectivity index (χ1v) is 14.9. The fraction of sp³-hybridized carbons (Fsp3) is 0.286. The van der Waals surface area contributed by atoms with Gasteiger partial charge in [-0.15, -0.1) is 0 Å². The number of aromatic carboxylic acids is 1. The number of rotatable bonds is 8. The van der Waals surface area contributed by atoms with Gasteiger partial charge < -0.3 is 19.5 Å². The van der Waals surface area contributed by atoms with E-state index in [4.69, 9.17) is 14.5 Å². The number of carboxylic acid groups (broad SMARTS) is 1. The Hall–Kier alpha value is -5.06. The molecule has 3 aromatic carbocycles. The van der Waals surface area contributed by atoms with Gasteiger partial charge in [0.2, 0.25) is 0 Å². The summed E-state index contributed by atoms with van der Waals surface area (Å²) in [6, 6.07) is 18.8. The number of halogens is 3. The zero-order valence-electron chi connectivity index (χ0n) is 25.5. The monoisotopic (exact) mass is 631 g/mol. The molecule has 6 rings (SSSR count). The lowest BCUT2D eigenvalue weighted by Crippen LogP contribution is -2.38. The lowest BCUT2D eigenvalue weighted by Gasteiger charge is -2.33. The number of amides is 1. The van der Waals surface area contributed by atoms with Crippen molar-refractivity contribution in [3.05, 3.63) is 101 Å². The molecule has 0 aliphatic carbocycles. The molecule has 46 heavy (non-hydrogen) atoms. The standard InChI is InChI=1S/C35H32F3N3O5/c1-20-16-24(33(42)43)8-10-26(20)22-9-12-30(45-3)28(18-22)27-11-13-31(40-14-5-15-40)39-29(27)19-41-21(2)32(46-34(41)44)23-6-4-7-25(17-23)35(36,37)38/h4,6-13,16-18,21,32H,5,14-15,19H2,1-3H3,(H,42,43)/t21-,32-/m0/s1. The maximum atomic E-state index is 13.4. The van der Waals surface area contributed by atoms with Crippen molar-refractivity contribution in [2.45, 2.75) is 45.1 Å². The van der Waals surface area contributed by atoms with Crippen LogP contribution in [0, 0.1) is 6.92 Å². The van der Waals surface area contributed by atoms with Crippen LogP contribution in [0.1, 0.15) is 52.2 Å². The van der Waals surface area contributed by atoms with Crippen LogP contribution in [-0.4, -0.2) is 53.3 Å². The summed E-state index contributed by atoms with van der Waals surface area (Å²) >= 11 is 0. The van der Waals surface area contributed by atoms with E-state index in [-0.39, 0.29) is 17.7 Å². The van der Waals surface area contributed by atoms with E-state index < -0.39 is 35.9 Å². The number of benzene rings is 3. The molecule has 2 fully saturated rings. The molecule has 2 aliphatic heterocycles. The summed E-state index contributed by atoms with van der Waals surface area (Å²) in [4.78, 5) is 33.3. The number of carboxylic acids is 1. The van der Waals surface area contributed by atoms with Gasteiger partial charge in [0, 0.05) is 24.2 Å². The van der Waals surface area contributed by atoms with Crippen molar-refractivity contribution < 1.29 is 37.3 Å². The van der Waals surface area contributed by atoms with Gasteiger partial charge in [-0.1, -0.05) is 24.3 Å². The molecule has 1 aromatic heterocycles. The zero-order chi connectivity index (χ0) is 32.7. The Balaban J connectivity index is 1.39. The molecule has 0 spiro atoms. The number of cyclic esters (lactones) is 1. The van der Waals surface area contributed by atoms with Gasteiger partial charge in [0.1, 0.15) is 17.7 Å². The Labute approximate surface area is 264 Å². The van der Waals surface area contributed by atoms with E-state index in [9.17, 15) is 27.9 Å². The maximum Gasteiger partial charge on any atom is 0.416 e. The Morgan fingerprint density at radius 1 is 1.02 bits per heavy atom. The average Bonchev–Trinajstić information content (AvgIpc) is 3.28. The van der Waals surface area contributed by atoms with Crippen LogP contribution in [0.4, 0.5) is 23.8 Å². The van der Waals surface area contributed by atoms with Gasteiger partial charge in [-0.2, -0.15) is 13.2 Å². The highest BCUT2D eigenvalue weighted by Crippen LogP contribution is 2.41. The van der Waals surface area contributed by atoms with Crippen LogP contribution < -0.4 is 9.64 Å². The van der Waals surface area contributed by atoms with E-state index >= 15 is 0 Å². The summed E-state index contributed by atoms with van der Waals surface area (Å²) in [5.41, 5.74) is 4.13. The Morgan fingerprint density at radius 2 is 1.78 bits per heavy atom. The minimum Gasteiger partial charge on any atom is -0.496 e. The predicted octanol–water partition coefficient (Wildman–Crippen LogP) is 7.74. The van der Waals surface area contributed by atoms with Crippen molar-refractivity contribution in [3.8, 4) is 28.0 Å². The molecule has 2 aliphatic rings. The summed E-state index contributed by atoms with van der Waals surface area (Å²) in [7, 11) is 1.56. The molecule has 0 unspecified atom stereocenters. The predicted molar refractivity (Wildman–Crippen MR) is 166 cm³/mol. The van der Waals surface area contributed by atoms with E-state index in [1.807, 2.05) is 37.3 Å². The topological polar surface area (TPSA) is 92.2 Å². The number of carbonyl (C=O) groups excluding carboxylic acids is 1. The minimum absolute atomic E-state index is 0.0478. The number of pyridine rings is 1. The molecule has 238 valence electrons. The van der Waals surface area contributed by atoms with Gasteiger partial charge in [-0.3, -0.25) is 4.90 Å². The second-order valence-electron chi connectivity index (χ2n) is 11.6. The van der Waals surface area contributed by atoms with Crippen molar-refractivity contribution in [3.63, 3.8) is 0 Å². The number of ether oxygens (including phenoxy) is 2. The highest BCUT2D eigenvalue weighted by molar-refractivity contribution is 5.89. The first-order chi connectivity index (χ1) is 21.9. The summed E-state index contributed by atoms with van der Waals surface area (Å²) in [6.07, 6.45) is -5.02. The summed E-state index contributed by atoms with van der Waals surface area (Å²) in [5, 5.41) is 9.42. The normalized spacial score (nSPS) is 17.9. The largest absolute Gasteiger partial charge is 0.496 e. The van der Waals surface area contributed by atoms with E-state index in [1.165, 1.54) is 17.0 Å². The molecular weight excluding hydrogens is 599 g/mol. The summed E-state index contributed by atoms with van der Waals surface area (Å²) in [5.74, 6) is 0.324. The maximum absolute atomic E-state index is 13.4. The van der Waals surface area contributed by atoms with Crippen LogP contribution in [-0.2, 0) is 17.5 Å². The van der Waals surface area contributed by atoms with Crippen molar-refractivity contribution >= 4 is 17.9 Å². The first-order valence-electron chi connectivity index (χ1n) is 14.9. The lowest BCUT2D eigenvalue weighted by molar-refractivity contribution is -0.137. The van der Waals surface area contributed by atoms with Gasteiger partial charge in [-0.05, 0) is 91.1 Å². The SMILES string of the molecule is COc1ccc(-c2ccc(C(=O)O)cc2C)cc1-c1ccc(N2CCC2)nc1CN1C(=O)O[C@H](c2cccc(C(F)(F)F)c2)[C@@H]1C. The van der Waals surface area contributed by atoms with Crippen LogP contribution in [0.3, 0.4) is 0 Å². The van der Waals surface area contributed by atoms with E-state index in [1.54, 1.807) is 32.2 Å². The number of carbonyl (C=O) groups is 2. The highest BCUT2D eigenvalue weighted by atomic mass is 19.4. The smallest absolute Gasteiger partial charge is 0.416 e. The Bertz CT molecular complexity index is 1820. The molecule has 1 amide bonds. The fourth-order valence-electron chi connectivity index (χ4n) is 6.00. The molecule has 8 nitrogen and oxygen atoms in total. The molecular formula is C35H32F3N3O5. The third kappa shape index (κ3) is 5.84. The van der Waals surface area contributed by atoms with Crippen LogP contribution in [0.5, 0.6) is 5.75 Å². The van der Waals surface area contributed by atoms with Gasteiger partial charge >= 0.3 is 18.2 Å². The Morgan fingerprint density at radius 3 is 2.43 bits per heavy atom. The second-order valence-corrected chi connectivity index (χ2v) is 11.6. The van der Waals surface area contributed by atoms with Gasteiger partial charge in [0.15, 0.2) is 0 Å². The van der Waals surface area contributed by atoms with Crippen LogP contribution in [0.15, 0.2) is 72.8 Å². The highest BCUT2D eigenvalue weighted by Gasteiger charge is 2.41. The second kappa shape index (κ2) is 12.0. The molecule has 2 saturated heterocycles. The zero-order valence-corrected chi connectivity index (χ0v) is 25.5. The van der Waals surface area contributed by atoms with Crippen molar-refractivity contribution in [1.82, 2.24) is 9.88 Å². The number of hydrogen-bond donors (Lipinski definition) is 1. The van der Waals surface area contributed by atoms with Gasteiger partial charge in [0.25, 0.3) is 0 Å². The lowest BCUT2D eigenvalue weighted by atomic mass is 9.93. The summed E-state index contributed by atoms with van der Waals surface area (Å²) in [6.45, 7) is 5.36. The first kappa shape index (κ1) is 30.9. The number of aryl methyl sites for hydroxylation is 1. The average molecular weight is 632 g/mol. The molecule has 0 bridgehead atoms. The Kier molecular flexibility index (Phi) is 8.10. The van der Waals surface area contributed by atoms with E-state index in [0.29, 0.717) is 22.6 Å². The number of aromatic nitrogens is 1. The molecule has 11 heteroatoms.